The number of amides is 2. The Kier molecular flexibility index (Phi) is 4.13. The van der Waals surface area contributed by atoms with E-state index >= 15 is 0 Å². The van der Waals surface area contributed by atoms with Gasteiger partial charge in [-0.2, -0.15) is 4.72 Å². The summed E-state index contributed by atoms with van der Waals surface area (Å²) in [6.45, 7) is 1.52. The number of nitrogens with zero attached hydrogens (tertiary/aromatic N) is 1. The molecule has 1 saturated heterocycles. The van der Waals surface area contributed by atoms with E-state index in [9.17, 15) is 23.1 Å². The molecule has 2 unspecified atom stereocenters. The Morgan fingerprint density at radius 2 is 2.05 bits per heavy atom. The molecule has 0 radical (unpaired) electrons. The highest BCUT2D eigenvalue weighted by Gasteiger charge is 2.38. The van der Waals surface area contributed by atoms with Crippen molar-refractivity contribution in [1.82, 2.24) is 9.62 Å². The van der Waals surface area contributed by atoms with E-state index in [0.717, 1.165) is 4.90 Å². The van der Waals surface area contributed by atoms with Gasteiger partial charge in [-0.1, -0.05) is 12.1 Å². The molecule has 0 saturated carbocycles. The predicted molar refractivity (Wildman–Crippen MR) is 73.6 cm³/mol. The highest BCUT2D eigenvalue weighted by Crippen LogP contribution is 2.19. The van der Waals surface area contributed by atoms with E-state index in [2.05, 4.69) is 4.72 Å². The fourth-order valence-electron chi connectivity index (χ4n) is 2.04. The second kappa shape index (κ2) is 5.55. The van der Waals surface area contributed by atoms with Crippen LogP contribution in [0.1, 0.15) is 25.0 Å². The van der Waals surface area contributed by atoms with Gasteiger partial charge in [0.1, 0.15) is 6.04 Å². The van der Waals surface area contributed by atoms with Crippen molar-refractivity contribution in [3.63, 3.8) is 0 Å². The number of likely N-dealkylation sites (N-methyl/N-ethyl adjacent to an activating group) is 1. The molecule has 0 aliphatic carbocycles. The SMILES string of the molecule is CC(O)c1cccc(S(=O)(=O)NC2CC(=O)N(C)C2=O)c1. The van der Waals surface area contributed by atoms with Crippen LogP contribution in [0.3, 0.4) is 0 Å². The van der Waals surface area contributed by atoms with Crippen LogP contribution in [0.25, 0.3) is 0 Å². The van der Waals surface area contributed by atoms with Gasteiger partial charge in [-0.25, -0.2) is 8.42 Å². The van der Waals surface area contributed by atoms with Gasteiger partial charge in [0.2, 0.25) is 21.8 Å². The smallest absolute Gasteiger partial charge is 0.247 e. The number of sulfonamides is 1. The summed E-state index contributed by atoms with van der Waals surface area (Å²) < 4.78 is 26.7. The second-order valence-electron chi connectivity index (χ2n) is 4.92. The molecular formula is C13H16N2O5S. The van der Waals surface area contributed by atoms with Crippen molar-refractivity contribution < 1.29 is 23.1 Å². The zero-order valence-corrected chi connectivity index (χ0v) is 12.4. The van der Waals surface area contributed by atoms with E-state index in [1.54, 1.807) is 6.07 Å². The standard InChI is InChI=1S/C13H16N2O5S/c1-8(16)9-4-3-5-10(6-9)21(19,20)14-11-7-12(17)15(2)13(11)18/h3-6,8,11,14,16H,7H2,1-2H3. The average molecular weight is 312 g/mol. The molecule has 21 heavy (non-hydrogen) atoms. The van der Waals surface area contributed by atoms with Crippen LogP contribution in [0.4, 0.5) is 0 Å². The minimum Gasteiger partial charge on any atom is -0.389 e. The van der Waals surface area contributed by atoms with Crippen molar-refractivity contribution in [2.24, 2.45) is 0 Å². The molecule has 114 valence electrons. The van der Waals surface area contributed by atoms with E-state index in [1.807, 2.05) is 0 Å². The average Bonchev–Trinajstić information content (AvgIpc) is 2.66. The molecule has 1 aliphatic rings. The van der Waals surface area contributed by atoms with Crippen molar-refractivity contribution in [3.05, 3.63) is 29.8 Å². The van der Waals surface area contributed by atoms with Gasteiger partial charge in [0.15, 0.2) is 0 Å². The van der Waals surface area contributed by atoms with Crippen LogP contribution in [0.2, 0.25) is 0 Å². The third-order valence-electron chi connectivity index (χ3n) is 3.33. The Labute approximate surface area is 122 Å². The Balaban J connectivity index is 2.25. The van der Waals surface area contributed by atoms with Crippen LogP contribution in [-0.2, 0) is 19.6 Å². The van der Waals surface area contributed by atoms with Gasteiger partial charge >= 0.3 is 0 Å². The predicted octanol–water partition coefficient (Wildman–Crippen LogP) is -0.225. The molecule has 2 amide bonds. The normalized spacial score (nSPS) is 20.9. The molecule has 0 spiro atoms. The minimum absolute atomic E-state index is 0.0595. The summed E-state index contributed by atoms with van der Waals surface area (Å²) in [6.07, 6.45) is -0.994. The number of nitrogens with one attached hydrogen (secondary N) is 1. The Hall–Kier alpha value is -1.77. The highest BCUT2D eigenvalue weighted by molar-refractivity contribution is 7.89. The molecule has 1 aromatic rings. The molecule has 1 heterocycles. The lowest BCUT2D eigenvalue weighted by atomic mass is 10.1. The monoisotopic (exact) mass is 312 g/mol. The molecule has 0 bridgehead atoms. The van der Waals surface area contributed by atoms with Crippen molar-refractivity contribution in [2.45, 2.75) is 30.4 Å². The third-order valence-corrected chi connectivity index (χ3v) is 4.80. The molecule has 2 atom stereocenters. The Bertz CT molecular complexity index is 684. The summed E-state index contributed by atoms with van der Waals surface area (Å²) in [5, 5.41) is 9.49. The number of carbonyl (C=O) groups is 2. The summed E-state index contributed by atoms with van der Waals surface area (Å²) in [5.41, 5.74) is 0.448. The van der Waals surface area contributed by atoms with E-state index in [4.69, 9.17) is 0 Å². The summed E-state index contributed by atoms with van der Waals surface area (Å²) in [6, 6.07) is 4.71. The van der Waals surface area contributed by atoms with Crippen LogP contribution < -0.4 is 4.72 Å². The maximum Gasteiger partial charge on any atom is 0.247 e. The topological polar surface area (TPSA) is 104 Å². The second-order valence-corrected chi connectivity index (χ2v) is 6.63. The molecule has 2 rings (SSSR count). The van der Waals surface area contributed by atoms with Gasteiger partial charge in [0.05, 0.1) is 17.4 Å². The van der Waals surface area contributed by atoms with E-state index in [0.29, 0.717) is 5.56 Å². The number of carbonyl (C=O) groups excluding carboxylic acids is 2. The maximum absolute atomic E-state index is 12.2. The van der Waals surface area contributed by atoms with Crippen molar-refractivity contribution in [2.75, 3.05) is 7.05 Å². The van der Waals surface area contributed by atoms with Crippen LogP contribution in [-0.4, -0.2) is 43.3 Å². The fourth-order valence-corrected chi connectivity index (χ4v) is 3.29. The zero-order chi connectivity index (χ0) is 15.8. The molecule has 1 aromatic carbocycles. The fraction of sp³-hybridized carbons (Fsp3) is 0.385. The van der Waals surface area contributed by atoms with Crippen molar-refractivity contribution >= 4 is 21.8 Å². The summed E-state index contributed by atoms with van der Waals surface area (Å²) in [7, 11) is -2.63. The number of aliphatic hydroxyl groups excluding tert-OH is 1. The lowest BCUT2D eigenvalue weighted by Gasteiger charge is -2.13. The van der Waals surface area contributed by atoms with Crippen LogP contribution >= 0.6 is 0 Å². The zero-order valence-electron chi connectivity index (χ0n) is 11.6. The van der Waals surface area contributed by atoms with Crippen LogP contribution in [0.15, 0.2) is 29.2 Å². The van der Waals surface area contributed by atoms with Gasteiger partial charge in [0.25, 0.3) is 0 Å². The van der Waals surface area contributed by atoms with Gasteiger partial charge in [-0.05, 0) is 24.6 Å². The van der Waals surface area contributed by atoms with E-state index in [-0.39, 0.29) is 11.3 Å². The van der Waals surface area contributed by atoms with Gasteiger partial charge in [0, 0.05) is 7.05 Å². The minimum atomic E-state index is -3.94. The highest BCUT2D eigenvalue weighted by atomic mass is 32.2. The molecule has 7 nitrogen and oxygen atoms in total. The van der Waals surface area contributed by atoms with Gasteiger partial charge in [-0.3, -0.25) is 14.5 Å². The molecule has 2 N–H and O–H groups in total. The largest absolute Gasteiger partial charge is 0.389 e. The summed E-state index contributed by atoms with van der Waals surface area (Å²) >= 11 is 0. The van der Waals surface area contributed by atoms with Crippen molar-refractivity contribution in [3.8, 4) is 0 Å². The number of hydrogen-bond donors (Lipinski definition) is 2. The summed E-state index contributed by atoms with van der Waals surface area (Å²) in [4.78, 5) is 24.0. The van der Waals surface area contributed by atoms with E-state index in [1.165, 1.54) is 32.2 Å². The molecular weight excluding hydrogens is 296 g/mol. The van der Waals surface area contributed by atoms with Gasteiger partial charge < -0.3 is 5.11 Å². The molecule has 1 aliphatic heterocycles. The number of hydrogen-bond acceptors (Lipinski definition) is 5. The molecule has 0 aromatic heterocycles. The first-order chi connectivity index (χ1) is 9.72. The molecule has 8 heteroatoms. The number of aliphatic hydroxyl groups is 1. The lowest BCUT2D eigenvalue weighted by Crippen LogP contribution is -2.40. The first kappa shape index (κ1) is 15.6. The molecule has 1 fully saturated rings. The van der Waals surface area contributed by atoms with Crippen molar-refractivity contribution in [1.29, 1.82) is 0 Å². The Morgan fingerprint density at radius 1 is 1.38 bits per heavy atom. The number of benzene rings is 1. The maximum atomic E-state index is 12.2. The van der Waals surface area contributed by atoms with Crippen LogP contribution in [0.5, 0.6) is 0 Å². The van der Waals surface area contributed by atoms with Gasteiger partial charge in [-0.15, -0.1) is 0 Å². The van der Waals surface area contributed by atoms with E-state index < -0.39 is 34.0 Å². The van der Waals surface area contributed by atoms with Crippen LogP contribution in [0, 0.1) is 0 Å². The lowest BCUT2D eigenvalue weighted by molar-refractivity contribution is -0.137. The first-order valence-electron chi connectivity index (χ1n) is 6.33. The Morgan fingerprint density at radius 3 is 2.57 bits per heavy atom. The number of imide groups is 1. The number of rotatable bonds is 4. The number of likely N-dealkylation sites (tertiary alicyclic amines) is 1. The first-order valence-corrected chi connectivity index (χ1v) is 7.81. The summed E-state index contributed by atoms with van der Waals surface area (Å²) in [5.74, 6) is -0.999. The quantitative estimate of drug-likeness (QED) is 0.748. The third kappa shape index (κ3) is 3.12.